The van der Waals surface area contributed by atoms with E-state index in [0.717, 1.165) is 19.3 Å². The highest BCUT2D eigenvalue weighted by Crippen LogP contribution is 2.67. The fourth-order valence-electron chi connectivity index (χ4n) is 9.27. The lowest BCUT2D eigenvalue weighted by Crippen LogP contribution is -2.57. The normalized spacial score (nSPS) is 39.6. The van der Waals surface area contributed by atoms with Crippen LogP contribution in [-0.2, 0) is 11.3 Å². The zero-order chi connectivity index (χ0) is 25.5. The summed E-state index contributed by atoms with van der Waals surface area (Å²) in [6.45, 7) is 5.27. The van der Waals surface area contributed by atoms with Gasteiger partial charge in [-0.25, -0.2) is 5.48 Å². The second kappa shape index (κ2) is 10.1. The Bertz CT molecular complexity index is 961. The summed E-state index contributed by atoms with van der Waals surface area (Å²) in [5, 5.41) is 22.9. The van der Waals surface area contributed by atoms with Crippen molar-refractivity contribution >= 4 is 11.8 Å². The molecule has 7 nitrogen and oxygen atoms in total. The van der Waals surface area contributed by atoms with E-state index in [1.165, 1.54) is 62.9 Å². The van der Waals surface area contributed by atoms with E-state index < -0.39 is 5.91 Å². The van der Waals surface area contributed by atoms with Crippen molar-refractivity contribution in [2.45, 2.75) is 104 Å². The molecule has 1 heterocycles. The minimum Gasteiger partial charge on any atom is -0.454 e. The van der Waals surface area contributed by atoms with Crippen LogP contribution in [0, 0.1) is 40.4 Å². The molecule has 8 atom stereocenters. The minimum atomic E-state index is -0.710. The van der Waals surface area contributed by atoms with Crippen LogP contribution in [0.1, 0.15) is 107 Å². The van der Waals surface area contributed by atoms with E-state index in [9.17, 15) is 14.7 Å². The van der Waals surface area contributed by atoms with Crippen LogP contribution in [0.25, 0.3) is 0 Å². The van der Waals surface area contributed by atoms with Gasteiger partial charge >= 0.3 is 5.91 Å². The maximum atomic E-state index is 12.4. The van der Waals surface area contributed by atoms with Gasteiger partial charge in [-0.3, -0.25) is 14.8 Å². The van der Waals surface area contributed by atoms with Gasteiger partial charge in [0.25, 0.3) is 0 Å². The molecule has 5 rings (SSSR count). The summed E-state index contributed by atoms with van der Waals surface area (Å²) in [5.41, 5.74) is 2.25. The Hall–Kier alpha value is -1.86. The van der Waals surface area contributed by atoms with Crippen molar-refractivity contribution < 1.29 is 24.3 Å². The summed E-state index contributed by atoms with van der Waals surface area (Å²) in [7, 11) is 0. The summed E-state index contributed by atoms with van der Waals surface area (Å²) in [6, 6.07) is 3.09. The SMILES string of the molecule is CC12CCC3C(C(O)CC4CCCCC43C)C1CCC2CCCC(=O)NCc1ccc(C(=O)NO)o1. The highest BCUT2D eigenvalue weighted by molar-refractivity contribution is 5.90. The molecule has 36 heavy (non-hydrogen) atoms. The summed E-state index contributed by atoms with van der Waals surface area (Å²) in [4.78, 5) is 23.8. The Balaban J connectivity index is 1.13. The lowest BCUT2D eigenvalue weighted by atomic mass is 9.44. The van der Waals surface area contributed by atoms with Crippen LogP contribution >= 0.6 is 0 Å². The van der Waals surface area contributed by atoms with Crippen LogP contribution in [0.3, 0.4) is 0 Å². The van der Waals surface area contributed by atoms with Crippen molar-refractivity contribution in [3.8, 4) is 0 Å². The van der Waals surface area contributed by atoms with Crippen LogP contribution in [0.5, 0.6) is 0 Å². The predicted molar refractivity (Wildman–Crippen MR) is 135 cm³/mol. The van der Waals surface area contributed by atoms with Gasteiger partial charge < -0.3 is 14.8 Å². The van der Waals surface area contributed by atoms with Gasteiger partial charge in [0.15, 0.2) is 5.76 Å². The van der Waals surface area contributed by atoms with Gasteiger partial charge in [0, 0.05) is 6.42 Å². The third-order valence-electron chi connectivity index (χ3n) is 11.2. The number of rotatable bonds is 7. The number of amides is 2. The molecule has 0 radical (unpaired) electrons. The molecule has 8 unspecified atom stereocenters. The van der Waals surface area contributed by atoms with E-state index in [1.54, 1.807) is 6.07 Å². The fourth-order valence-corrected chi connectivity index (χ4v) is 9.27. The molecule has 200 valence electrons. The van der Waals surface area contributed by atoms with Crippen molar-refractivity contribution in [1.82, 2.24) is 10.8 Å². The predicted octanol–water partition coefficient (Wildman–Crippen LogP) is 5.20. The molecule has 0 saturated heterocycles. The Labute approximate surface area is 214 Å². The molecule has 0 spiro atoms. The average molecular weight is 501 g/mol. The molecule has 0 bridgehead atoms. The largest absolute Gasteiger partial charge is 0.454 e. The zero-order valence-electron chi connectivity index (χ0n) is 21.9. The molecular weight excluding hydrogens is 456 g/mol. The lowest BCUT2D eigenvalue weighted by Gasteiger charge is -2.62. The van der Waals surface area contributed by atoms with E-state index in [4.69, 9.17) is 9.62 Å². The Kier molecular flexibility index (Phi) is 7.25. The molecule has 1 aromatic rings. The number of nitrogens with one attached hydrogen (secondary N) is 2. The number of furan rings is 1. The smallest absolute Gasteiger partial charge is 0.310 e. The summed E-state index contributed by atoms with van der Waals surface area (Å²) in [5.74, 6) is 2.87. The fraction of sp³-hybridized carbons (Fsp3) is 0.793. The van der Waals surface area contributed by atoms with Crippen molar-refractivity contribution in [1.29, 1.82) is 0 Å². The van der Waals surface area contributed by atoms with E-state index in [0.29, 0.717) is 47.2 Å². The van der Waals surface area contributed by atoms with Crippen molar-refractivity contribution in [3.05, 3.63) is 23.7 Å². The molecule has 1 aromatic heterocycles. The molecule has 4 fully saturated rings. The van der Waals surface area contributed by atoms with Crippen molar-refractivity contribution in [2.75, 3.05) is 0 Å². The third kappa shape index (κ3) is 4.51. The quantitative estimate of drug-likeness (QED) is 0.304. The lowest BCUT2D eigenvalue weighted by molar-refractivity contribution is -0.162. The van der Waals surface area contributed by atoms with E-state index in [2.05, 4.69) is 19.2 Å². The van der Waals surface area contributed by atoms with Gasteiger partial charge in [-0.05, 0) is 110 Å². The number of aliphatic hydroxyl groups is 1. The molecule has 4 N–H and O–H groups in total. The second-order valence-corrected chi connectivity index (χ2v) is 12.7. The molecule has 4 aliphatic carbocycles. The van der Waals surface area contributed by atoms with Crippen molar-refractivity contribution in [2.24, 2.45) is 40.4 Å². The molecule has 0 aliphatic heterocycles. The van der Waals surface area contributed by atoms with Gasteiger partial charge in [0.05, 0.1) is 12.6 Å². The molecule has 7 heteroatoms. The third-order valence-corrected chi connectivity index (χ3v) is 11.2. The maximum Gasteiger partial charge on any atom is 0.310 e. The summed E-state index contributed by atoms with van der Waals surface area (Å²) < 4.78 is 5.33. The van der Waals surface area contributed by atoms with Crippen LogP contribution in [0.15, 0.2) is 16.5 Å². The Morgan fingerprint density at radius 3 is 2.67 bits per heavy atom. The van der Waals surface area contributed by atoms with Gasteiger partial charge in [0.1, 0.15) is 5.76 Å². The number of aliphatic hydroxyl groups excluding tert-OH is 1. The standard InChI is InChI=1S/C29H44N2O5/c1-28-14-4-3-6-19(28)16-23(32)26-21-11-9-18(29(21,2)15-13-22(26)28)7-5-8-25(33)30-17-20-10-12-24(36-20)27(34)31-35/h10,12,18-19,21-23,26,32,35H,3-9,11,13-17H2,1-2H3,(H,30,33)(H,31,34). The molecule has 4 saturated carbocycles. The van der Waals surface area contributed by atoms with E-state index in [-0.39, 0.29) is 29.7 Å². The first-order chi connectivity index (χ1) is 17.3. The Morgan fingerprint density at radius 2 is 1.86 bits per heavy atom. The van der Waals surface area contributed by atoms with Crippen LogP contribution in [0.4, 0.5) is 0 Å². The number of carbonyl (C=O) groups is 2. The molecule has 4 aliphatic rings. The summed E-state index contributed by atoms with van der Waals surface area (Å²) >= 11 is 0. The van der Waals surface area contributed by atoms with Crippen LogP contribution in [0.2, 0.25) is 0 Å². The number of hydrogen-bond acceptors (Lipinski definition) is 5. The molecule has 0 aromatic carbocycles. The number of hydrogen-bond donors (Lipinski definition) is 4. The number of fused-ring (bicyclic) bond motifs is 5. The monoisotopic (exact) mass is 500 g/mol. The van der Waals surface area contributed by atoms with Gasteiger partial charge in [-0.1, -0.05) is 26.7 Å². The second-order valence-electron chi connectivity index (χ2n) is 12.7. The molecular formula is C29H44N2O5. The number of hydroxylamine groups is 1. The van der Waals surface area contributed by atoms with Gasteiger partial charge in [-0.15, -0.1) is 0 Å². The van der Waals surface area contributed by atoms with Crippen LogP contribution in [-0.4, -0.2) is 28.2 Å². The topological polar surface area (TPSA) is 112 Å². The first-order valence-electron chi connectivity index (χ1n) is 14.2. The molecule has 2 amide bonds. The maximum absolute atomic E-state index is 12.4. The number of carbonyl (C=O) groups excluding carboxylic acids is 2. The Morgan fingerprint density at radius 1 is 1.06 bits per heavy atom. The average Bonchev–Trinajstić information content (AvgIpc) is 3.47. The minimum absolute atomic E-state index is 0.0107. The first-order valence-corrected chi connectivity index (χ1v) is 14.2. The van der Waals surface area contributed by atoms with Crippen LogP contribution < -0.4 is 10.8 Å². The highest BCUT2D eigenvalue weighted by Gasteiger charge is 2.61. The summed E-state index contributed by atoms with van der Waals surface area (Å²) in [6.07, 6.45) is 13.6. The van der Waals surface area contributed by atoms with Gasteiger partial charge in [0.2, 0.25) is 5.91 Å². The zero-order valence-corrected chi connectivity index (χ0v) is 21.9. The van der Waals surface area contributed by atoms with E-state index in [1.807, 2.05) is 0 Å². The van der Waals surface area contributed by atoms with E-state index >= 15 is 0 Å². The highest BCUT2D eigenvalue weighted by atomic mass is 16.5. The first kappa shape index (κ1) is 25.8. The van der Waals surface area contributed by atoms with Crippen molar-refractivity contribution in [3.63, 3.8) is 0 Å². The van der Waals surface area contributed by atoms with Gasteiger partial charge in [-0.2, -0.15) is 0 Å².